The molecule has 0 spiro atoms. The molecular weight excluding hydrogens is 284 g/mol. The predicted octanol–water partition coefficient (Wildman–Crippen LogP) is 2.68. The van der Waals surface area contributed by atoms with Crippen molar-refractivity contribution >= 4 is 33.0 Å². The molecule has 1 saturated carbocycles. The molecule has 0 saturated heterocycles. The van der Waals surface area contributed by atoms with Gasteiger partial charge in [-0.2, -0.15) is 0 Å². The van der Waals surface area contributed by atoms with Crippen LogP contribution in [0.25, 0.3) is 10.1 Å². The summed E-state index contributed by atoms with van der Waals surface area (Å²) in [5, 5.41) is 13.7. The Balaban J connectivity index is 1.89. The second kappa shape index (κ2) is 4.71. The van der Waals surface area contributed by atoms with Crippen molar-refractivity contribution in [3.8, 4) is 0 Å². The molecule has 4 N–H and O–H groups in total. The normalized spacial score (nSPS) is 23.8. The zero-order valence-corrected chi connectivity index (χ0v) is 13.3. The van der Waals surface area contributed by atoms with E-state index in [-0.39, 0.29) is 23.5 Å². The Morgan fingerprint density at radius 3 is 2.76 bits per heavy atom. The number of carbonyl (C=O) groups is 1. The lowest BCUT2D eigenvalue weighted by Gasteiger charge is -2.49. The van der Waals surface area contributed by atoms with Gasteiger partial charge in [0.2, 0.25) is 0 Å². The number of carbonyl (C=O) groups excluding carboxylic acids is 1. The maximum atomic E-state index is 12.5. The van der Waals surface area contributed by atoms with Gasteiger partial charge < -0.3 is 16.2 Å². The van der Waals surface area contributed by atoms with Crippen LogP contribution in [-0.2, 0) is 0 Å². The van der Waals surface area contributed by atoms with Gasteiger partial charge in [-0.1, -0.05) is 32.0 Å². The SMILES string of the molecule is Cc1cccc2c(N)c(C(=O)NC3CC(O)C3(C)C)sc12. The molecule has 1 aliphatic rings. The lowest BCUT2D eigenvalue weighted by atomic mass is 9.64. The number of nitrogens with two attached hydrogens (primary N) is 1. The van der Waals surface area contributed by atoms with E-state index in [4.69, 9.17) is 5.73 Å². The van der Waals surface area contributed by atoms with E-state index >= 15 is 0 Å². The molecule has 2 aromatic rings. The fourth-order valence-corrected chi connectivity index (χ4v) is 3.91. The van der Waals surface area contributed by atoms with Crippen molar-refractivity contribution in [3.05, 3.63) is 28.6 Å². The van der Waals surface area contributed by atoms with Gasteiger partial charge in [0.1, 0.15) is 4.88 Å². The quantitative estimate of drug-likeness (QED) is 0.798. The van der Waals surface area contributed by atoms with Crippen molar-refractivity contribution in [2.24, 2.45) is 5.41 Å². The van der Waals surface area contributed by atoms with E-state index in [1.165, 1.54) is 11.3 Å². The van der Waals surface area contributed by atoms with Crippen molar-refractivity contribution in [3.63, 3.8) is 0 Å². The summed E-state index contributed by atoms with van der Waals surface area (Å²) in [5.41, 5.74) is 7.54. The first-order valence-electron chi connectivity index (χ1n) is 7.09. The summed E-state index contributed by atoms with van der Waals surface area (Å²) in [6.07, 6.45) is 0.243. The van der Waals surface area contributed by atoms with Crippen LogP contribution in [0.1, 0.15) is 35.5 Å². The van der Waals surface area contributed by atoms with Crippen molar-refractivity contribution in [1.29, 1.82) is 0 Å². The lowest BCUT2D eigenvalue weighted by Crippen LogP contribution is -2.61. The lowest BCUT2D eigenvalue weighted by molar-refractivity contribution is -0.0689. The van der Waals surface area contributed by atoms with E-state index in [1.807, 2.05) is 39.0 Å². The van der Waals surface area contributed by atoms with Crippen LogP contribution < -0.4 is 11.1 Å². The molecule has 1 aromatic carbocycles. The van der Waals surface area contributed by atoms with Gasteiger partial charge in [-0.3, -0.25) is 4.79 Å². The third-order valence-electron chi connectivity index (χ3n) is 4.68. The van der Waals surface area contributed by atoms with Gasteiger partial charge >= 0.3 is 0 Å². The maximum absolute atomic E-state index is 12.5. The van der Waals surface area contributed by atoms with Gasteiger partial charge in [0.25, 0.3) is 5.91 Å². The van der Waals surface area contributed by atoms with Crippen LogP contribution in [0.2, 0.25) is 0 Å². The average molecular weight is 304 g/mol. The minimum absolute atomic E-state index is 0.00860. The van der Waals surface area contributed by atoms with Gasteiger partial charge in [-0.05, 0) is 18.9 Å². The molecule has 2 unspecified atom stereocenters. The molecule has 1 heterocycles. The first kappa shape index (κ1) is 14.4. The van der Waals surface area contributed by atoms with E-state index in [0.29, 0.717) is 17.0 Å². The summed E-state index contributed by atoms with van der Waals surface area (Å²) in [6.45, 7) is 5.94. The Labute approximate surface area is 128 Å². The molecule has 3 rings (SSSR count). The Hall–Kier alpha value is -1.59. The van der Waals surface area contributed by atoms with Crippen molar-refractivity contribution < 1.29 is 9.90 Å². The third-order valence-corrected chi connectivity index (χ3v) is 6.03. The molecule has 1 amide bonds. The largest absolute Gasteiger partial charge is 0.397 e. The van der Waals surface area contributed by atoms with E-state index in [2.05, 4.69) is 5.32 Å². The number of fused-ring (bicyclic) bond motifs is 1. The summed E-state index contributed by atoms with van der Waals surface area (Å²) >= 11 is 1.44. The molecule has 21 heavy (non-hydrogen) atoms. The Kier molecular flexibility index (Phi) is 3.22. The van der Waals surface area contributed by atoms with Crippen LogP contribution in [-0.4, -0.2) is 23.2 Å². The van der Waals surface area contributed by atoms with E-state index in [0.717, 1.165) is 15.6 Å². The molecule has 112 valence electrons. The highest BCUT2D eigenvalue weighted by Crippen LogP contribution is 2.41. The minimum Gasteiger partial charge on any atom is -0.397 e. The zero-order valence-electron chi connectivity index (χ0n) is 12.4. The Bertz CT molecular complexity index is 720. The monoisotopic (exact) mass is 304 g/mol. The van der Waals surface area contributed by atoms with Crippen LogP contribution in [0.15, 0.2) is 18.2 Å². The van der Waals surface area contributed by atoms with E-state index in [9.17, 15) is 9.90 Å². The number of benzene rings is 1. The third kappa shape index (κ3) is 2.12. The fraction of sp³-hybridized carbons (Fsp3) is 0.438. The number of anilines is 1. The van der Waals surface area contributed by atoms with E-state index in [1.54, 1.807) is 0 Å². The standard InChI is InChI=1S/C16H20N2O2S/c1-8-5-4-6-9-12(17)14(21-13(8)9)15(20)18-10-7-11(19)16(10,2)3/h4-6,10-11,19H,7,17H2,1-3H3,(H,18,20). The molecule has 0 bridgehead atoms. The Morgan fingerprint density at radius 1 is 1.48 bits per heavy atom. The van der Waals surface area contributed by atoms with Crippen LogP contribution in [0.3, 0.4) is 0 Å². The summed E-state index contributed by atoms with van der Waals surface area (Å²) < 4.78 is 1.06. The molecule has 1 aromatic heterocycles. The zero-order chi connectivity index (χ0) is 15.4. The molecule has 2 atom stereocenters. The topological polar surface area (TPSA) is 75.4 Å². The number of hydrogen-bond acceptors (Lipinski definition) is 4. The van der Waals surface area contributed by atoms with E-state index < -0.39 is 0 Å². The van der Waals surface area contributed by atoms with Crippen molar-refractivity contribution in [2.45, 2.75) is 39.3 Å². The summed E-state index contributed by atoms with van der Waals surface area (Å²) in [7, 11) is 0. The minimum atomic E-state index is -0.357. The molecule has 5 heteroatoms. The van der Waals surface area contributed by atoms with Crippen LogP contribution in [0.4, 0.5) is 5.69 Å². The van der Waals surface area contributed by atoms with Crippen molar-refractivity contribution in [1.82, 2.24) is 5.32 Å². The summed E-state index contributed by atoms with van der Waals surface area (Å²) in [6, 6.07) is 5.91. The second-order valence-electron chi connectivity index (χ2n) is 6.40. The highest BCUT2D eigenvalue weighted by atomic mass is 32.1. The number of nitrogens with one attached hydrogen (secondary N) is 1. The number of aryl methyl sites for hydroxylation is 1. The number of rotatable bonds is 2. The van der Waals surface area contributed by atoms with Gasteiger partial charge in [-0.25, -0.2) is 0 Å². The number of amides is 1. The number of hydrogen-bond donors (Lipinski definition) is 3. The highest BCUT2D eigenvalue weighted by Gasteiger charge is 2.48. The first-order valence-corrected chi connectivity index (χ1v) is 7.90. The Morgan fingerprint density at radius 2 is 2.19 bits per heavy atom. The van der Waals surface area contributed by atoms with Gasteiger partial charge in [0.15, 0.2) is 0 Å². The maximum Gasteiger partial charge on any atom is 0.263 e. The smallest absolute Gasteiger partial charge is 0.263 e. The number of thiophene rings is 1. The fourth-order valence-electron chi connectivity index (χ4n) is 2.82. The first-order chi connectivity index (χ1) is 9.82. The number of aliphatic hydroxyl groups excluding tert-OH is 1. The molecule has 0 aliphatic heterocycles. The van der Waals surface area contributed by atoms with Gasteiger partial charge in [-0.15, -0.1) is 11.3 Å². The van der Waals surface area contributed by atoms with Crippen LogP contribution in [0, 0.1) is 12.3 Å². The predicted molar refractivity (Wildman–Crippen MR) is 86.6 cm³/mol. The number of aliphatic hydroxyl groups is 1. The molecule has 4 nitrogen and oxygen atoms in total. The molecule has 1 fully saturated rings. The average Bonchev–Trinajstić information content (AvgIpc) is 2.78. The molecular formula is C16H20N2O2S. The van der Waals surface area contributed by atoms with Crippen LogP contribution >= 0.6 is 11.3 Å². The number of nitrogen functional groups attached to an aromatic ring is 1. The molecule has 0 radical (unpaired) electrons. The van der Waals surface area contributed by atoms with Gasteiger partial charge in [0.05, 0.1) is 11.8 Å². The second-order valence-corrected chi connectivity index (χ2v) is 7.42. The van der Waals surface area contributed by atoms with Crippen LogP contribution in [0.5, 0.6) is 0 Å². The molecule has 1 aliphatic carbocycles. The highest BCUT2D eigenvalue weighted by molar-refractivity contribution is 7.21. The summed E-state index contributed by atoms with van der Waals surface area (Å²) in [5.74, 6) is -0.141. The van der Waals surface area contributed by atoms with Gasteiger partial charge in [0, 0.05) is 21.5 Å². The summed E-state index contributed by atoms with van der Waals surface area (Å²) in [4.78, 5) is 13.0. The van der Waals surface area contributed by atoms with Crippen molar-refractivity contribution in [2.75, 3.05) is 5.73 Å².